The average Bonchev–Trinajstić information content (AvgIpc) is 3.24. The fourth-order valence-electron chi connectivity index (χ4n) is 3.78. The number of sulfonamides is 1. The number of nitrogens with zero attached hydrogens (tertiary/aromatic N) is 3. The lowest BCUT2D eigenvalue weighted by Gasteiger charge is -2.18. The molecule has 6 nitrogen and oxygen atoms in total. The van der Waals surface area contributed by atoms with E-state index in [1.807, 2.05) is 60.0 Å². The highest BCUT2D eigenvalue weighted by atomic mass is 35.5. The van der Waals surface area contributed by atoms with Crippen LogP contribution in [-0.4, -0.2) is 23.2 Å². The standard InChI is InChI=1S/C26H27ClN4O2S2/c1-18-9-7-8-12-22(18)16-34-26-29-28-25(31(26)24-15-23(27)14-13-19(24)2)20(3)30-35(32,33)17-21-10-5-4-6-11-21/h4-15,20,30H,16-17H2,1-3H3. The Hall–Kier alpha value is -2.65. The van der Waals surface area contributed by atoms with E-state index in [1.54, 1.807) is 30.8 Å². The fraction of sp³-hybridized carbons (Fsp3) is 0.231. The van der Waals surface area contributed by atoms with Gasteiger partial charge < -0.3 is 0 Å². The minimum Gasteiger partial charge on any atom is -0.272 e. The molecule has 9 heteroatoms. The van der Waals surface area contributed by atoms with Gasteiger partial charge in [0.25, 0.3) is 0 Å². The Morgan fingerprint density at radius 3 is 2.43 bits per heavy atom. The van der Waals surface area contributed by atoms with Crippen LogP contribution in [0.15, 0.2) is 78.0 Å². The smallest absolute Gasteiger partial charge is 0.216 e. The minimum absolute atomic E-state index is 0.114. The summed E-state index contributed by atoms with van der Waals surface area (Å²) >= 11 is 7.89. The van der Waals surface area contributed by atoms with E-state index in [0.717, 1.165) is 11.3 Å². The molecule has 0 amide bonds. The highest BCUT2D eigenvalue weighted by Gasteiger charge is 2.25. The van der Waals surface area contributed by atoms with Crippen molar-refractivity contribution in [3.63, 3.8) is 0 Å². The van der Waals surface area contributed by atoms with Crippen molar-refractivity contribution < 1.29 is 8.42 Å². The Morgan fingerprint density at radius 1 is 0.971 bits per heavy atom. The second kappa shape index (κ2) is 11.0. The summed E-state index contributed by atoms with van der Waals surface area (Å²) in [7, 11) is -3.61. The number of benzene rings is 3. The molecular weight excluding hydrogens is 500 g/mol. The van der Waals surface area contributed by atoms with E-state index >= 15 is 0 Å². The van der Waals surface area contributed by atoms with Crippen molar-refractivity contribution >= 4 is 33.4 Å². The van der Waals surface area contributed by atoms with Crippen LogP contribution in [0.2, 0.25) is 5.02 Å². The van der Waals surface area contributed by atoms with Crippen LogP contribution in [-0.2, 0) is 21.5 Å². The van der Waals surface area contributed by atoms with E-state index < -0.39 is 16.1 Å². The van der Waals surface area contributed by atoms with Crippen LogP contribution in [0.25, 0.3) is 5.69 Å². The topological polar surface area (TPSA) is 76.9 Å². The van der Waals surface area contributed by atoms with Gasteiger partial charge in [0, 0.05) is 10.8 Å². The zero-order valence-corrected chi connectivity index (χ0v) is 22.2. The third-order valence-electron chi connectivity index (χ3n) is 5.63. The van der Waals surface area contributed by atoms with Crippen LogP contribution in [0.4, 0.5) is 0 Å². The van der Waals surface area contributed by atoms with Crippen molar-refractivity contribution in [1.29, 1.82) is 0 Å². The van der Waals surface area contributed by atoms with Gasteiger partial charge in [0.05, 0.1) is 17.5 Å². The zero-order chi connectivity index (χ0) is 25.0. The van der Waals surface area contributed by atoms with E-state index in [-0.39, 0.29) is 5.75 Å². The van der Waals surface area contributed by atoms with Crippen molar-refractivity contribution in [3.8, 4) is 5.69 Å². The monoisotopic (exact) mass is 526 g/mol. The third-order valence-corrected chi connectivity index (χ3v) is 8.27. The van der Waals surface area contributed by atoms with Gasteiger partial charge in [-0.05, 0) is 55.2 Å². The molecule has 0 spiro atoms. The summed E-state index contributed by atoms with van der Waals surface area (Å²) in [4.78, 5) is 0. The van der Waals surface area contributed by atoms with Gasteiger partial charge in [0.1, 0.15) is 0 Å². The number of aryl methyl sites for hydroxylation is 2. The molecule has 0 aliphatic heterocycles. The summed E-state index contributed by atoms with van der Waals surface area (Å²) in [5.41, 5.74) is 4.92. The van der Waals surface area contributed by atoms with Gasteiger partial charge in [-0.3, -0.25) is 4.57 Å². The summed E-state index contributed by atoms with van der Waals surface area (Å²) < 4.78 is 30.5. The minimum atomic E-state index is -3.61. The molecule has 0 aliphatic rings. The third kappa shape index (κ3) is 6.32. The fourth-order valence-corrected chi connectivity index (χ4v) is 6.33. The largest absolute Gasteiger partial charge is 0.272 e. The first-order chi connectivity index (χ1) is 16.7. The highest BCUT2D eigenvalue weighted by molar-refractivity contribution is 7.98. The Morgan fingerprint density at radius 2 is 1.69 bits per heavy atom. The van der Waals surface area contributed by atoms with E-state index in [0.29, 0.717) is 27.3 Å². The highest BCUT2D eigenvalue weighted by Crippen LogP contribution is 2.31. The average molecular weight is 527 g/mol. The first kappa shape index (κ1) is 25.4. The summed E-state index contributed by atoms with van der Waals surface area (Å²) in [6, 6.07) is 22.3. The summed E-state index contributed by atoms with van der Waals surface area (Å²) in [6.45, 7) is 5.84. The lowest BCUT2D eigenvalue weighted by molar-refractivity contribution is 0.555. The molecule has 1 aromatic heterocycles. The molecule has 182 valence electrons. The molecule has 1 N–H and O–H groups in total. The summed E-state index contributed by atoms with van der Waals surface area (Å²) in [5, 5.41) is 10.1. The lowest BCUT2D eigenvalue weighted by Crippen LogP contribution is -2.30. The number of halogens is 1. The van der Waals surface area contributed by atoms with E-state index in [4.69, 9.17) is 11.6 Å². The van der Waals surface area contributed by atoms with E-state index in [9.17, 15) is 8.42 Å². The van der Waals surface area contributed by atoms with Crippen molar-refractivity contribution in [3.05, 3.63) is 106 Å². The molecule has 0 saturated heterocycles. The van der Waals surface area contributed by atoms with Crippen molar-refractivity contribution in [1.82, 2.24) is 19.5 Å². The molecule has 4 aromatic rings. The maximum absolute atomic E-state index is 12.9. The Bertz CT molecular complexity index is 1420. The van der Waals surface area contributed by atoms with Crippen LogP contribution < -0.4 is 4.72 Å². The van der Waals surface area contributed by atoms with E-state index in [1.165, 1.54) is 11.1 Å². The molecule has 35 heavy (non-hydrogen) atoms. The normalized spacial score (nSPS) is 12.6. The molecule has 1 atom stereocenters. The number of hydrogen-bond acceptors (Lipinski definition) is 5. The number of rotatable bonds is 9. The Labute approximate surface area is 215 Å². The van der Waals surface area contributed by atoms with Crippen LogP contribution in [0.1, 0.15) is 41.0 Å². The zero-order valence-electron chi connectivity index (χ0n) is 19.8. The van der Waals surface area contributed by atoms with Crippen LogP contribution in [0.3, 0.4) is 0 Å². The van der Waals surface area contributed by atoms with Crippen molar-refractivity contribution in [2.75, 3.05) is 0 Å². The first-order valence-corrected chi connectivity index (χ1v) is 14.2. The number of hydrogen-bond donors (Lipinski definition) is 1. The van der Waals surface area contributed by atoms with Crippen LogP contribution in [0, 0.1) is 13.8 Å². The number of thioether (sulfide) groups is 1. The predicted molar refractivity (Wildman–Crippen MR) is 142 cm³/mol. The molecular formula is C26H27ClN4O2S2. The predicted octanol–water partition coefficient (Wildman–Crippen LogP) is 6.01. The maximum Gasteiger partial charge on any atom is 0.216 e. The van der Waals surface area contributed by atoms with Crippen LogP contribution >= 0.6 is 23.4 Å². The van der Waals surface area contributed by atoms with Gasteiger partial charge in [0.2, 0.25) is 10.0 Å². The molecule has 1 unspecified atom stereocenters. The first-order valence-electron chi connectivity index (χ1n) is 11.2. The second-order valence-corrected chi connectivity index (χ2v) is 11.5. The lowest BCUT2D eigenvalue weighted by atomic mass is 10.1. The van der Waals surface area contributed by atoms with Gasteiger partial charge in [-0.25, -0.2) is 13.1 Å². The SMILES string of the molecule is Cc1ccccc1CSc1nnc(C(C)NS(=O)(=O)Cc2ccccc2)n1-c1cc(Cl)ccc1C. The Balaban J connectivity index is 1.67. The summed E-state index contributed by atoms with van der Waals surface area (Å²) in [5.74, 6) is 1.09. The molecule has 0 bridgehead atoms. The molecule has 0 saturated carbocycles. The van der Waals surface area contributed by atoms with Gasteiger partial charge in [-0.15, -0.1) is 10.2 Å². The summed E-state index contributed by atoms with van der Waals surface area (Å²) in [6.07, 6.45) is 0. The van der Waals surface area contributed by atoms with E-state index in [2.05, 4.69) is 34.0 Å². The second-order valence-electron chi connectivity index (χ2n) is 8.41. The molecule has 1 heterocycles. The molecule has 0 aliphatic carbocycles. The van der Waals surface area contributed by atoms with Gasteiger partial charge >= 0.3 is 0 Å². The van der Waals surface area contributed by atoms with Gasteiger partial charge in [0.15, 0.2) is 11.0 Å². The molecule has 3 aromatic carbocycles. The maximum atomic E-state index is 12.9. The quantitative estimate of drug-likeness (QED) is 0.270. The molecule has 0 radical (unpaired) electrons. The number of aromatic nitrogens is 3. The van der Waals surface area contributed by atoms with Gasteiger partial charge in [-0.1, -0.05) is 84.0 Å². The van der Waals surface area contributed by atoms with Crippen molar-refractivity contribution in [2.24, 2.45) is 0 Å². The van der Waals surface area contributed by atoms with Gasteiger partial charge in [-0.2, -0.15) is 0 Å². The Kier molecular flexibility index (Phi) is 7.96. The molecule has 4 rings (SSSR count). The van der Waals surface area contributed by atoms with Crippen LogP contribution in [0.5, 0.6) is 0 Å². The number of nitrogens with one attached hydrogen (secondary N) is 1. The van der Waals surface area contributed by atoms with Crippen molar-refractivity contribution in [2.45, 2.75) is 43.5 Å². The molecule has 0 fully saturated rings.